The molecule has 5 heteroatoms. The molecule has 0 aliphatic heterocycles. The summed E-state index contributed by atoms with van der Waals surface area (Å²) in [5.41, 5.74) is 2.25. The topological polar surface area (TPSA) is 44.1 Å². The maximum absolute atomic E-state index is 13.2. The molecule has 4 aliphatic rings. The lowest BCUT2D eigenvalue weighted by molar-refractivity contribution is -0.141. The number of hydrogen-bond donors (Lipinski definition) is 0. The van der Waals surface area contributed by atoms with Crippen molar-refractivity contribution >= 4 is 17.5 Å². The molecule has 0 unspecified atom stereocenters. The summed E-state index contributed by atoms with van der Waals surface area (Å²) in [6.45, 7) is 5.62. The van der Waals surface area contributed by atoms with E-state index in [4.69, 9.17) is 9.72 Å². The quantitative estimate of drug-likeness (QED) is 0.687. The van der Waals surface area contributed by atoms with Gasteiger partial charge in [0.1, 0.15) is 5.78 Å². The van der Waals surface area contributed by atoms with Crippen molar-refractivity contribution < 1.29 is 9.53 Å². The Morgan fingerprint density at radius 1 is 1.20 bits per heavy atom. The third-order valence-electron chi connectivity index (χ3n) is 6.90. The van der Waals surface area contributed by atoms with Gasteiger partial charge in [-0.1, -0.05) is 11.8 Å². The molecule has 5 rings (SSSR count). The number of ether oxygens (including phenoxy) is 1. The highest BCUT2D eigenvalue weighted by atomic mass is 32.2. The highest BCUT2D eigenvalue weighted by molar-refractivity contribution is 7.99. The van der Waals surface area contributed by atoms with E-state index in [1.54, 1.807) is 18.9 Å². The number of ketones is 1. The molecule has 25 heavy (non-hydrogen) atoms. The third-order valence-corrected chi connectivity index (χ3v) is 7.88. The molecule has 0 aromatic carbocycles. The number of carbonyl (C=O) groups is 1. The van der Waals surface area contributed by atoms with E-state index in [1.807, 2.05) is 6.92 Å². The highest BCUT2D eigenvalue weighted by Crippen LogP contribution is 2.60. The normalized spacial score (nSPS) is 33.2. The molecule has 0 radical (unpaired) electrons. The number of nitrogens with zero attached hydrogens (tertiary/aromatic N) is 2. The number of aromatic nitrogens is 2. The van der Waals surface area contributed by atoms with Crippen molar-refractivity contribution in [2.45, 2.75) is 64.1 Å². The Bertz CT molecular complexity index is 632. The van der Waals surface area contributed by atoms with Crippen LogP contribution in [0.25, 0.3) is 0 Å². The molecule has 0 N–H and O–H groups in total. The Morgan fingerprint density at radius 2 is 1.80 bits per heavy atom. The van der Waals surface area contributed by atoms with Crippen LogP contribution in [0.1, 0.15) is 49.9 Å². The first-order valence-electron chi connectivity index (χ1n) is 9.69. The number of methoxy groups -OCH3 is 1. The Kier molecular flexibility index (Phi) is 4.74. The molecule has 4 saturated carbocycles. The van der Waals surface area contributed by atoms with Crippen LogP contribution >= 0.6 is 11.8 Å². The van der Waals surface area contributed by atoms with Gasteiger partial charge in [-0.05, 0) is 70.1 Å². The van der Waals surface area contributed by atoms with Gasteiger partial charge in [-0.15, -0.1) is 0 Å². The zero-order chi connectivity index (χ0) is 17.6. The summed E-state index contributed by atoms with van der Waals surface area (Å²) in [5.74, 6) is 3.55. The molecule has 0 amide bonds. The SMILES string of the molecule is COCCn1c(SCC(=O)C23CC4CC(CC(C4)C2)C3)nc(C)c1C. The molecule has 4 fully saturated rings. The van der Waals surface area contributed by atoms with Crippen molar-refractivity contribution in [3.63, 3.8) is 0 Å². The van der Waals surface area contributed by atoms with Crippen molar-refractivity contribution in [2.75, 3.05) is 19.5 Å². The number of thioether (sulfide) groups is 1. The molecule has 4 nitrogen and oxygen atoms in total. The molecule has 1 aromatic rings. The molecule has 4 bridgehead atoms. The fourth-order valence-corrected chi connectivity index (χ4v) is 7.07. The van der Waals surface area contributed by atoms with Crippen LogP contribution in [0.2, 0.25) is 0 Å². The van der Waals surface area contributed by atoms with Crippen molar-refractivity contribution in [1.29, 1.82) is 0 Å². The van der Waals surface area contributed by atoms with Crippen molar-refractivity contribution in [3.05, 3.63) is 11.4 Å². The van der Waals surface area contributed by atoms with Crippen LogP contribution in [-0.2, 0) is 16.1 Å². The number of Topliss-reactive ketones (excluding diaryl/α,β-unsaturated/α-hetero) is 1. The fraction of sp³-hybridized carbons (Fsp3) is 0.800. The van der Waals surface area contributed by atoms with Gasteiger partial charge in [0.25, 0.3) is 0 Å². The van der Waals surface area contributed by atoms with Crippen LogP contribution in [0.3, 0.4) is 0 Å². The minimum atomic E-state index is 0.00971. The summed E-state index contributed by atoms with van der Waals surface area (Å²) in [6, 6.07) is 0. The van der Waals surface area contributed by atoms with Crippen LogP contribution in [0, 0.1) is 37.0 Å². The lowest BCUT2D eigenvalue weighted by Gasteiger charge is -2.56. The Balaban J connectivity index is 1.45. The zero-order valence-corrected chi connectivity index (χ0v) is 16.5. The monoisotopic (exact) mass is 362 g/mol. The number of imidazole rings is 1. The van der Waals surface area contributed by atoms with Gasteiger partial charge >= 0.3 is 0 Å². The first-order valence-corrected chi connectivity index (χ1v) is 10.7. The molecule has 1 aromatic heterocycles. The molecule has 138 valence electrons. The van der Waals surface area contributed by atoms with Gasteiger partial charge in [-0.25, -0.2) is 4.98 Å². The molecule has 0 spiro atoms. The number of hydrogen-bond acceptors (Lipinski definition) is 4. The van der Waals surface area contributed by atoms with Gasteiger partial charge in [0.2, 0.25) is 0 Å². The summed E-state index contributed by atoms with van der Waals surface area (Å²) in [5, 5.41) is 0.977. The maximum atomic E-state index is 13.2. The summed E-state index contributed by atoms with van der Waals surface area (Å²) < 4.78 is 7.44. The second-order valence-electron chi connectivity index (χ2n) is 8.62. The maximum Gasteiger partial charge on any atom is 0.168 e. The Labute approximate surface area is 155 Å². The van der Waals surface area contributed by atoms with Crippen LogP contribution in [0.4, 0.5) is 0 Å². The molecular weight excluding hydrogens is 332 g/mol. The van der Waals surface area contributed by atoms with Gasteiger partial charge in [-0.3, -0.25) is 4.79 Å². The van der Waals surface area contributed by atoms with E-state index in [2.05, 4.69) is 11.5 Å². The van der Waals surface area contributed by atoms with E-state index in [0.717, 1.165) is 54.4 Å². The average molecular weight is 363 g/mol. The molecule has 0 saturated heterocycles. The third kappa shape index (κ3) is 3.18. The number of carbonyl (C=O) groups excluding carboxylic acids is 1. The van der Waals surface area contributed by atoms with Gasteiger partial charge < -0.3 is 9.30 Å². The minimum absolute atomic E-state index is 0.00971. The minimum Gasteiger partial charge on any atom is -0.383 e. The summed E-state index contributed by atoms with van der Waals surface area (Å²) >= 11 is 1.64. The van der Waals surface area contributed by atoms with Crippen molar-refractivity contribution in [3.8, 4) is 0 Å². The molecule has 1 heterocycles. The number of rotatable bonds is 7. The predicted molar refractivity (Wildman–Crippen MR) is 99.9 cm³/mol. The first kappa shape index (κ1) is 17.6. The van der Waals surface area contributed by atoms with Gasteiger partial charge in [0.05, 0.1) is 18.1 Å². The van der Waals surface area contributed by atoms with E-state index in [1.165, 1.54) is 25.0 Å². The van der Waals surface area contributed by atoms with E-state index in [-0.39, 0.29) is 5.41 Å². The molecular formula is C20H30N2O2S. The zero-order valence-electron chi connectivity index (χ0n) is 15.7. The Morgan fingerprint density at radius 3 is 2.36 bits per heavy atom. The van der Waals surface area contributed by atoms with Crippen molar-refractivity contribution in [1.82, 2.24) is 9.55 Å². The van der Waals surface area contributed by atoms with E-state index in [9.17, 15) is 4.79 Å². The van der Waals surface area contributed by atoms with Crippen LogP contribution < -0.4 is 0 Å². The lowest BCUT2D eigenvalue weighted by Crippen LogP contribution is -2.50. The fourth-order valence-electron chi connectivity index (χ4n) is 5.91. The second kappa shape index (κ2) is 6.73. The number of aryl methyl sites for hydroxylation is 1. The van der Waals surface area contributed by atoms with Crippen molar-refractivity contribution in [2.24, 2.45) is 23.2 Å². The van der Waals surface area contributed by atoms with E-state index in [0.29, 0.717) is 18.1 Å². The molecule has 0 atom stereocenters. The van der Waals surface area contributed by atoms with Gasteiger partial charge in [0.15, 0.2) is 5.16 Å². The highest BCUT2D eigenvalue weighted by Gasteiger charge is 2.54. The second-order valence-corrected chi connectivity index (χ2v) is 9.56. The predicted octanol–water partition coefficient (Wildman–Crippen LogP) is 4.02. The standard InChI is InChI=1S/C20H30N2O2S/c1-13-14(2)22(4-5-24-3)19(21-13)25-12-18(23)20-9-15-6-16(10-20)8-17(7-15)11-20/h15-17H,4-12H2,1-3H3. The summed E-state index contributed by atoms with van der Waals surface area (Å²) in [4.78, 5) is 17.9. The largest absolute Gasteiger partial charge is 0.383 e. The summed E-state index contributed by atoms with van der Waals surface area (Å²) in [7, 11) is 1.72. The van der Waals surface area contributed by atoms with Crippen LogP contribution in [0.5, 0.6) is 0 Å². The summed E-state index contributed by atoms with van der Waals surface area (Å²) in [6.07, 6.45) is 7.65. The van der Waals surface area contributed by atoms with Gasteiger partial charge in [-0.2, -0.15) is 0 Å². The van der Waals surface area contributed by atoms with Crippen LogP contribution in [-0.4, -0.2) is 34.8 Å². The average Bonchev–Trinajstić information content (AvgIpc) is 2.83. The smallest absolute Gasteiger partial charge is 0.168 e. The van der Waals surface area contributed by atoms with Crippen LogP contribution in [0.15, 0.2) is 5.16 Å². The Hall–Kier alpha value is -0.810. The molecule has 4 aliphatic carbocycles. The lowest BCUT2D eigenvalue weighted by atomic mass is 9.48. The first-order chi connectivity index (χ1) is 12.0. The van der Waals surface area contributed by atoms with E-state index < -0.39 is 0 Å². The van der Waals surface area contributed by atoms with Gasteiger partial charge in [0, 0.05) is 24.8 Å². The van der Waals surface area contributed by atoms with E-state index >= 15 is 0 Å².